The van der Waals surface area contributed by atoms with Crippen molar-refractivity contribution in [2.45, 2.75) is 51.1 Å². The van der Waals surface area contributed by atoms with E-state index in [1.807, 2.05) is 4.90 Å². The number of aryl methyl sites for hydroxylation is 1. The zero-order valence-electron chi connectivity index (χ0n) is 23.2. The van der Waals surface area contributed by atoms with Gasteiger partial charge in [-0.1, -0.05) is 19.4 Å². The molecule has 0 aliphatic carbocycles. The van der Waals surface area contributed by atoms with Gasteiger partial charge in [0.2, 0.25) is 24.0 Å². The van der Waals surface area contributed by atoms with Crippen molar-refractivity contribution in [3.05, 3.63) is 52.4 Å². The lowest BCUT2D eigenvalue weighted by atomic mass is 9.84. The molecule has 1 unspecified atom stereocenters. The van der Waals surface area contributed by atoms with Crippen LogP contribution in [0.3, 0.4) is 0 Å². The van der Waals surface area contributed by atoms with Crippen molar-refractivity contribution in [1.29, 1.82) is 0 Å². The third-order valence-corrected chi connectivity index (χ3v) is 7.77. The molecule has 1 aromatic carbocycles. The molecule has 1 amide bonds. The average molecular weight is 558 g/mol. The molecule has 4 rings (SSSR count). The number of unbranched alkanes of at least 4 members (excludes halogenated alkanes) is 1. The van der Waals surface area contributed by atoms with Crippen LogP contribution in [-0.2, 0) is 16.1 Å². The Morgan fingerprint density at radius 2 is 1.98 bits per heavy atom. The van der Waals surface area contributed by atoms with Gasteiger partial charge in [0.15, 0.2) is 11.5 Å². The number of carbonyl (C=O) groups excluding carboxylic acids is 1. The van der Waals surface area contributed by atoms with Gasteiger partial charge in [-0.15, -0.1) is 0 Å². The summed E-state index contributed by atoms with van der Waals surface area (Å²) < 4.78 is 18.2. The molecule has 3 heterocycles. The molecule has 0 bridgehead atoms. The van der Waals surface area contributed by atoms with Gasteiger partial charge in [-0.3, -0.25) is 19.3 Å². The molecular weight excluding hydrogens is 518 g/mol. The van der Waals surface area contributed by atoms with Crippen molar-refractivity contribution in [3.8, 4) is 17.2 Å². The van der Waals surface area contributed by atoms with E-state index in [1.165, 1.54) is 13.2 Å². The number of carboxylic acids is 1. The highest BCUT2D eigenvalue weighted by Crippen LogP contribution is 2.47. The molecule has 1 saturated heterocycles. The smallest absolute Gasteiger partial charge is 0.308 e. The maximum atomic E-state index is 13.5. The van der Waals surface area contributed by atoms with E-state index in [0.29, 0.717) is 56.3 Å². The lowest BCUT2D eigenvalue weighted by Crippen LogP contribution is -2.45. The van der Waals surface area contributed by atoms with Crippen molar-refractivity contribution >= 4 is 11.9 Å². The Bertz CT molecular complexity index is 1220. The molecule has 1 aromatic heterocycles. The molecule has 11 nitrogen and oxygen atoms in total. The summed E-state index contributed by atoms with van der Waals surface area (Å²) in [7, 11) is 1.52. The maximum Gasteiger partial charge on any atom is 0.308 e. The van der Waals surface area contributed by atoms with Crippen molar-refractivity contribution in [1.82, 2.24) is 14.4 Å². The van der Waals surface area contributed by atoms with Crippen molar-refractivity contribution in [3.63, 3.8) is 0 Å². The Hall–Kier alpha value is -3.57. The molecule has 11 heteroatoms. The Labute approximate surface area is 233 Å². The Morgan fingerprint density at radius 1 is 1.18 bits per heavy atom. The number of aliphatic hydroxyl groups excluding tert-OH is 1. The van der Waals surface area contributed by atoms with Gasteiger partial charge in [0.25, 0.3) is 0 Å². The van der Waals surface area contributed by atoms with Crippen LogP contribution in [-0.4, -0.2) is 89.2 Å². The van der Waals surface area contributed by atoms with Crippen LogP contribution in [0.1, 0.15) is 44.1 Å². The van der Waals surface area contributed by atoms with E-state index in [4.69, 9.17) is 14.2 Å². The fraction of sp³-hybridized carbons (Fsp3) is 0.552. The monoisotopic (exact) mass is 557 g/mol. The third-order valence-electron chi connectivity index (χ3n) is 7.77. The number of nitrogens with zero attached hydrogens (tertiary/aromatic N) is 3. The number of amides is 1. The Morgan fingerprint density at radius 3 is 2.67 bits per heavy atom. The number of carboxylic acid groups (broad SMARTS) is 1. The normalized spacial score (nSPS) is 20.0. The van der Waals surface area contributed by atoms with E-state index in [-0.39, 0.29) is 31.4 Å². The summed E-state index contributed by atoms with van der Waals surface area (Å²) in [5, 5.41) is 19.8. The zero-order chi connectivity index (χ0) is 28.6. The van der Waals surface area contributed by atoms with Crippen molar-refractivity contribution < 1.29 is 34.0 Å². The fourth-order valence-electron chi connectivity index (χ4n) is 5.72. The number of aromatic nitrogens is 1. The van der Waals surface area contributed by atoms with Gasteiger partial charge in [0, 0.05) is 57.0 Å². The first-order chi connectivity index (χ1) is 19.4. The molecule has 2 N–H and O–H groups in total. The van der Waals surface area contributed by atoms with E-state index in [2.05, 4.69) is 6.92 Å². The van der Waals surface area contributed by atoms with E-state index in [9.17, 15) is 24.6 Å². The first-order valence-corrected chi connectivity index (χ1v) is 13.9. The molecular formula is C29H39N3O8. The Kier molecular flexibility index (Phi) is 10.1. The van der Waals surface area contributed by atoms with Gasteiger partial charge in [0.1, 0.15) is 0 Å². The van der Waals surface area contributed by atoms with Gasteiger partial charge in [0.05, 0.1) is 19.6 Å². The minimum Gasteiger partial charge on any atom is -0.493 e. The van der Waals surface area contributed by atoms with Crippen LogP contribution in [0.15, 0.2) is 41.3 Å². The lowest BCUT2D eigenvalue weighted by Gasteiger charge is -2.30. The van der Waals surface area contributed by atoms with Gasteiger partial charge in [-0.2, -0.15) is 0 Å². The van der Waals surface area contributed by atoms with E-state index in [0.717, 1.165) is 18.4 Å². The third kappa shape index (κ3) is 6.59. The summed E-state index contributed by atoms with van der Waals surface area (Å²) in [5.41, 5.74) is 0.565. The largest absolute Gasteiger partial charge is 0.493 e. The second-order valence-electron chi connectivity index (χ2n) is 10.3. The number of benzene rings is 1. The minimum absolute atomic E-state index is 0.0107. The lowest BCUT2D eigenvalue weighted by molar-refractivity contribution is -0.144. The maximum absolute atomic E-state index is 13.5. The van der Waals surface area contributed by atoms with Gasteiger partial charge in [-0.05, 0) is 43.0 Å². The van der Waals surface area contributed by atoms with E-state index >= 15 is 0 Å². The number of rotatable bonds is 14. The number of hydrogen-bond acceptors (Lipinski definition) is 8. The standard InChI is InChI=1S/C29H39N3O8/c1-3-4-10-30(12-7-14-33)26(35)18-32-17-21(20-15-23(38-2)28-24(16-20)39-19-40-28)27(29(36)37)22(32)9-13-31-11-6-5-8-25(31)34/h5-6,8,11,15-16,21-22,27,33H,3-4,7,9-10,12-14,17-19H2,1-2H3,(H,36,37)/t21-,22+,27?/m1/s1. The zero-order valence-corrected chi connectivity index (χ0v) is 23.2. The Balaban J connectivity index is 1.65. The highest BCUT2D eigenvalue weighted by molar-refractivity contribution is 5.79. The number of ether oxygens (including phenoxy) is 3. The topological polar surface area (TPSA) is 131 Å². The molecule has 0 spiro atoms. The SMILES string of the molecule is CCCCN(CCCO)C(=O)CN1C[C@H](c2cc(OC)c3c(c2)OCO3)C(C(=O)O)[C@@H]1CCn1ccccc1=O. The van der Waals surface area contributed by atoms with Crippen molar-refractivity contribution in [2.75, 3.05) is 46.7 Å². The van der Waals surface area contributed by atoms with Crippen LogP contribution < -0.4 is 19.8 Å². The van der Waals surface area contributed by atoms with Crippen LogP contribution >= 0.6 is 0 Å². The highest BCUT2D eigenvalue weighted by Gasteiger charge is 2.47. The summed E-state index contributed by atoms with van der Waals surface area (Å²) in [4.78, 5) is 42.4. The average Bonchev–Trinajstić information content (AvgIpc) is 3.57. The van der Waals surface area contributed by atoms with Crippen LogP contribution in [0.4, 0.5) is 0 Å². The van der Waals surface area contributed by atoms with Crippen LogP contribution in [0, 0.1) is 5.92 Å². The van der Waals surface area contributed by atoms with Crippen LogP contribution in [0.25, 0.3) is 0 Å². The predicted octanol–water partition coefficient (Wildman–Crippen LogP) is 2.16. The summed E-state index contributed by atoms with van der Waals surface area (Å²) in [6.45, 7) is 3.82. The number of fused-ring (bicyclic) bond motifs is 1. The summed E-state index contributed by atoms with van der Waals surface area (Å²) in [5.74, 6) is -0.909. The van der Waals surface area contributed by atoms with Gasteiger partial charge in [-0.25, -0.2) is 0 Å². The fourth-order valence-corrected chi connectivity index (χ4v) is 5.72. The first kappa shape index (κ1) is 29.4. The summed E-state index contributed by atoms with van der Waals surface area (Å²) >= 11 is 0. The quantitative estimate of drug-likeness (QED) is 0.359. The van der Waals surface area contributed by atoms with Crippen LogP contribution in [0.5, 0.6) is 17.2 Å². The highest BCUT2D eigenvalue weighted by atomic mass is 16.7. The van der Waals surface area contributed by atoms with Crippen LogP contribution in [0.2, 0.25) is 0 Å². The van der Waals surface area contributed by atoms with E-state index < -0.39 is 23.8 Å². The van der Waals surface area contributed by atoms with Crippen molar-refractivity contribution in [2.24, 2.45) is 5.92 Å². The number of aliphatic hydroxyl groups is 1. The number of likely N-dealkylation sites (tertiary alicyclic amines) is 1. The molecule has 40 heavy (non-hydrogen) atoms. The summed E-state index contributed by atoms with van der Waals surface area (Å²) in [6, 6.07) is 7.98. The molecule has 1 fully saturated rings. The number of aliphatic carboxylic acids is 1. The molecule has 2 aliphatic rings. The van der Waals surface area contributed by atoms with Gasteiger partial charge < -0.3 is 33.9 Å². The predicted molar refractivity (Wildman–Crippen MR) is 147 cm³/mol. The molecule has 3 atom stereocenters. The molecule has 2 aliphatic heterocycles. The first-order valence-electron chi connectivity index (χ1n) is 13.9. The molecule has 0 saturated carbocycles. The number of carbonyl (C=O) groups is 2. The number of hydrogen-bond donors (Lipinski definition) is 2. The molecule has 2 aromatic rings. The molecule has 0 radical (unpaired) electrons. The molecule has 218 valence electrons. The second kappa shape index (κ2) is 13.7. The van der Waals surface area contributed by atoms with Gasteiger partial charge >= 0.3 is 5.97 Å². The number of methoxy groups -OCH3 is 1. The van der Waals surface area contributed by atoms with E-state index in [1.54, 1.807) is 39.9 Å². The minimum atomic E-state index is -0.967. The second-order valence-corrected chi connectivity index (χ2v) is 10.3. The number of pyridine rings is 1. The summed E-state index contributed by atoms with van der Waals surface area (Å²) in [6.07, 6.45) is 4.31.